The van der Waals surface area contributed by atoms with Gasteiger partial charge in [0.05, 0.1) is 6.54 Å². The fourth-order valence-corrected chi connectivity index (χ4v) is 3.26. The number of amides is 1. The summed E-state index contributed by atoms with van der Waals surface area (Å²) in [5.41, 5.74) is 2.57. The summed E-state index contributed by atoms with van der Waals surface area (Å²) < 4.78 is 1.17. The molecule has 0 bridgehead atoms. The zero-order valence-corrected chi connectivity index (χ0v) is 14.4. The predicted octanol–water partition coefficient (Wildman–Crippen LogP) is 2.06. The molecular weight excluding hydrogens is 330 g/mol. The van der Waals surface area contributed by atoms with Gasteiger partial charge < -0.3 is 10.6 Å². The lowest BCUT2D eigenvalue weighted by Gasteiger charge is -2.32. The maximum Gasteiger partial charge on any atom is 0.233 e. The highest BCUT2D eigenvalue weighted by Gasteiger charge is 2.20. The smallest absolute Gasteiger partial charge is 0.233 e. The van der Waals surface area contributed by atoms with E-state index in [9.17, 15) is 4.79 Å². The first kappa shape index (κ1) is 16.5. The lowest BCUT2D eigenvalue weighted by Crippen LogP contribution is -2.45. The molecule has 1 aromatic rings. The maximum atomic E-state index is 11.4. The van der Waals surface area contributed by atoms with Crippen LogP contribution in [0.1, 0.15) is 24.0 Å². The Hall–Kier alpha value is -0.910. The number of hydrogen-bond acceptors (Lipinski definition) is 3. The lowest BCUT2D eigenvalue weighted by molar-refractivity contribution is -0.122. The van der Waals surface area contributed by atoms with E-state index in [1.165, 1.54) is 15.6 Å². The summed E-state index contributed by atoms with van der Waals surface area (Å²) in [7, 11) is 1.69. The number of piperidine rings is 1. The van der Waals surface area contributed by atoms with Crippen molar-refractivity contribution in [3.05, 3.63) is 33.8 Å². The molecule has 116 valence electrons. The number of carbonyl (C=O) groups excluding carboxylic acids is 1. The molecule has 1 heterocycles. The van der Waals surface area contributed by atoms with Gasteiger partial charge in [0.2, 0.25) is 5.91 Å². The Morgan fingerprint density at radius 2 is 2.10 bits per heavy atom. The zero-order valence-electron chi connectivity index (χ0n) is 12.8. The molecule has 1 aliphatic rings. The van der Waals surface area contributed by atoms with Gasteiger partial charge in [-0.1, -0.05) is 28.1 Å². The van der Waals surface area contributed by atoms with Gasteiger partial charge in [-0.2, -0.15) is 0 Å². The standard InChI is InChI=1S/C16H24BrN3O/c1-12-3-4-13(15(17)9-12)10-19-14-5-7-20(8-6-14)11-16(21)18-2/h3-4,9,14,19H,5-8,10-11H2,1-2H3,(H,18,21). The van der Waals surface area contributed by atoms with Gasteiger partial charge in [0.25, 0.3) is 0 Å². The number of nitrogens with one attached hydrogen (secondary N) is 2. The molecule has 1 amide bonds. The van der Waals surface area contributed by atoms with E-state index in [2.05, 4.69) is 56.6 Å². The van der Waals surface area contributed by atoms with Gasteiger partial charge in [0.15, 0.2) is 0 Å². The van der Waals surface area contributed by atoms with Crippen molar-refractivity contribution >= 4 is 21.8 Å². The number of carbonyl (C=O) groups is 1. The van der Waals surface area contributed by atoms with Gasteiger partial charge in [-0.05, 0) is 37.0 Å². The molecule has 21 heavy (non-hydrogen) atoms. The van der Waals surface area contributed by atoms with Gasteiger partial charge in [-0.3, -0.25) is 9.69 Å². The second-order valence-corrected chi connectivity index (χ2v) is 6.55. The van der Waals surface area contributed by atoms with E-state index >= 15 is 0 Å². The van der Waals surface area contributed by atoms with Gasteiger partial charge in [-0.25, -0.2) is 0 Å². The second-order valence-electron chi connectivity index (χ2n) is 5.70. The lowest BCUT2D eigenvalue weighted by atomic mass is 10.0. The first-order valence-electron chi connectivity index (χ1n) is 7.50. The van der Waals surface area contributed by atoms with Crippen molar-refractivity contribution in [1.29, 1.82) is 0 Å². The van der Waals surface area contributed by atoms with Crippen LogP contribution in [0.5, 0.6) is 0 Å². The summed E-state index contributed by atoms with van der Waals surface area (Å²) in [6, 6.07) is 7.02. The summed E-state index contributed by atoms with van der Waals surface area (Å²) in [4.78, 5) is 13.6. The van der Waals surface area contributed by atoms with Crippen molar-refractivity contribution in [2.75, 3.05) is 26.7 Å². The van der Waals surface area contributed by atoms with Crippen molar-refractivity contribution in [3.8, 4) is 0 Å². The topological polar surface area (TPSA) is 44.4 Å². The third-order valence-electron chi connectivity index (χ3n) is 4.02. The number of nitrogens with zero attached hydrogens (tertiary/aromatic N) is 1. The first-order chi connectivity index (χ1) is 10.1. The molecule has 0 unspecified atom stereocenters. The largest absolute Gasteiger partial charge is 0.358 e. The average Bonchev–Trinajstić information content (AvgIpc) is 2.48. The van der Waals surface area contributed by atoms with Gasteiger partial charge in [0, 0.05) is 37.2 Å². The van der Waals surface area contributed by atoms with Crippen molar-refractivity contribution < 1.29 is 4.79 Å². The summed E-state index contributed by atoms with van der Waals surface area (Å²) in [5.74, 6) is 0.102. The van der Waals surface area contributed by atoms with Crippen molar-refractivity contribution in [2.24, 2.45) is 0 Å². The number of likely N-dealkylation sites (tertiary alicyclic amines) is 1. The molecular formula is C16H24BrN3O. The number of benzene rings is 1. The fourth-order valence-electron chi connectivity index (χ4n) is 2.63. The van der Waals surface area contributed by atoms with Crippen LogP contribution in [0.15, 0.2) is 22.7 Å². The van der Waals surface area contributed by atoms with E-state index in [1.54, 1.807) is 7.05 Å². The fraction of sp³-hybridized carbons (Fsp3) is 0.562. The minimum atomic E-state index is 0.102. The Balaban J connectivity index is 1.75. The molecule has 0 saturated carbocycles. The Bertz CT molecular complexity index is 484. The van der Waals surface area contributed by atoms with Crippen LogP contribution in [0.25, 0.3) is 0 Å². The molecule has 1 fully saturated rings. The molecule has 0 atom stereocenters. The van der Waals surface area contributed by atoms with Crippen molar-refractivity contribution in [1.82, 2.24) is 15.5 Å². The summed E-state index contributed by atoms with van der Waals surface area (Å²) in [5, 5.41) is 6.31. The summed E-state index contributed by atoms with van der Waals surface area (Å²) in [6.07, 6.45) is 2.20. The minimum absolute atomic E-state index is 0.102. The first-order valence-corrected chi connectivity index (χ1v) is 8.29. The second kappa shape index (κ2) is 7.92. The number of halogens is 1. The van der Waals surface area contributed by atoms with Crippen LogP contribution in [0.2, 0.25) is 0 Å². The Morgan fingerprint density at radius 3 is 2.71 bits per heavy atom. The molecule has 0 spiro atoms. The van der Waals surface area contributed by atoms with Gasteiger partial charge in [0.1, 0.15) is 0 Å². The molecule has 1 saturated heterocycles. The SMILES string of the molecule is CNC(=O)CN1CCC(NCc2ccc(C)cc2Br)CC1. The molecule has 0 radical (unpaired) electrons. The van der Waals surface area contributed by atoms with Crippen molar-refractivity contribution in [2.45, 2.75) is 32.4 Å². The molecule has 2 N–H and O–H groups in total. The quantitative estimate of drug-likeness (QED) is 0.851. The van der Waals surface area contributed by atoms with E-state index in [-0.39, 0.29) is 5.91 Å². The molecule has 0 aromatic heterocycles. The Morgan fingerprint density at radius 1 is 1.38 bits per heavy atom. The highest BCUT2D eigenvalue weighted by molar-refractivity contribution is 9.10. The third kappa shape index (κ3) is 5.09. The molecule has 0 aliphatic carbocycles. The van der Waals surface area contributed by atoms with Gasteiger partial charge in [-0.15, -0.1) is 0 Å². The predicted molar refractivity (Wildman–Crippen MR) is 89.2 cm³/mol. The molecule has 5 heteroatoms. The highest BCUT2D eigenvalue weighted by Crippen LogP contribution is 2.19. The highest BCUT2D eigenvalue weighted by atomic mass is 79.9. The number of rotatable bonds is 5. The number of aryl methyl sites for hydroxylation is 1. The van der Waals surface area contributed by atoms with E-state index in [0.717, 1.165) is 32.5 Å². The van der Waals surface area contributed by atoms with Crippen LogP contribution in [0, 0.1) is 6.92 Å². The summed E-state index contributed by atoms with van der Waals surface area (Å²) in [6.45, 7) is 5.48. The normalized spacial score (nSPS) is 16.9. The van der Waals surface area contributed by atoms with Crippen LogP contribution in [-0.4, -0.2) is 43.5 Å². The monoisotopic (exact) mass is 353 g/mol. The van der Waals surface area contributed by atoms with E-state index < -0.39 is 0 Å². The Kier molecular flexibility index (Phi) is 6.21. The molecule has 1 aliphatic heterocycles. The molecule has 4 nitrogen and oxygen atoms in total. The van der Waals surface area contributed by atoms with Crippen LogP contribution in [-0.2, 0) is 11.3 Å². The minimum Gasteiger partial charge on any atom is -0.358 e. The average molecular weight is 354 g/mol. The third-order valence-corrected chi connectivity index (χ3v) is 4.76. The van der Waals surface area contributed by atoms with E-state index in [0.29, 0.717) is 12.6 Å². The number of likely N-dealkylation sites (N-methyl/N-ethyl adjacent to an activating group) is 1. The zero-order chi connectivity index (χ0) is 15.2. The van der Waals surface area contributed by atoms with Crippen LogP contribution < -0.4 is 10.6 Å². The van der Waals surface area contributed by atoms with Crippen LogP contribution >= 0.6 is 15.9 Å². The number of hydrogen-bond donors (Lipinski definition) is 2. The maximum absolute atomic E-state index is 11.4. The van der Waals surface area contributed by atoms with E-state index in [1.807, 2.05) is 0 Å². The van der Waals surface area contributed by atoms with Crippen LogP contribution in [0.4, 0.5) is 0 Å². The summed E-state index contributed by atoms with van der Waals surface area (Å²) >= 11 is 3.62. The van der Waals surface area contributed by atoms with Crippen molar-refractivity contribution in [3.63, 3.8) is 0 Å². The molecule has 2 rings (SSSR count). The molecule has 1 aromatic carbocycles. The van der Waals surface area contributed by atoms with E-state index in [4.69, 9.17) is 0 Å². The van der Waals surface area contributed by atoms with Gasteiger partial charge >= 0.3 is 0 Å². The van der Waals surface area contributed by atoms with Crippen LogP contribution in [0.3, 0.4) is 0 Å². The Labute approximate surface area is 135 Å².